The molecule has 1 aliphatic rings. The van der Waals surface area contributed by atoms with Gasteiger partial charge in [0.15, 0.2) is 18.1 Å². The molecule has 0 aromatic heterocycles. The summed E-state index contributed by atoms with van der Waals surface area (Å²) in [6, 6.07) is 8.97. The van der Waals surface area contributed by atoms with Crippen LogP contribution in [0.2, 0.25) is 0 Å². The molecule has 0 radical (unpaired) electrons. The maximum atomic E-state index is 12.5. The van der Waals surface area contributed by atoms with Gasteiger partial charge in [0.1, 0.15) is 6.61 Å². The molecule has 5 heteroatoms. The fraction of sp³-hybridized carbons (Fsp3) is 0.333. The third-order valence-corrected chi connectivity index (χ3v) is 4.90. The molecule has 0 amide bonds. The maximum Gasteiger partial charge on any atom is 0.351 e. The Morgan fingerprint density at radius 1 is 1.04 bits per heavy atom. The number of aryl methyl sites for hydroxylation is 1. The van der Waals surface area contributed by atoms with Crippen molar-refractivity contribution in [3.05, 3.63) is 58.1 Å². The minimum Gasteiger partial charge on any atom is -0.485 e. The molecule has 0 N–H and O–H groups in total. The van der Waals surface area contributed by atoms with Gasteiger partial charge in [-0.1, -0.05) is 12.1 Å². The lowest BCUT2D eigenvalue weighted by Crippen LogP contribution is -2.38. The summed E-state index contributed by atoms with van der Waals surface area (Å²) in [5.74, 6) is 0.256. The van der Waals surface area contributed by atoms with Crippen molar-refractivity contribution in [3.63, 3.8) is 0 Å². The Kier molecular flexibility index (Phi) is 4.98. The fourth-order valence-electron chi connectivity index (χ4n) is 2.94. The Morgan fingerprint density at radius 2 is 1.73 bits per heavy atom. The van der Waals surface area contributed by atoms with Crippen molar-refractivity contribution in [2.75, 3.05) is 13.2 Å². The second-order valence-corrected chi connectivity index (χ2v) is 6.51. The van der Waals surface area contributed by atoms with Crippen LogP contribution in [0.1, 0.15) is 32.6 Å². The highest BCUT2D eigenvalue weighted by atomic mass is 16.6. The third-order valence-electron chi connectivity index (χ3n) is 4.90. The molecule has 1 atom stereocenters. The van der Waals surface area contributed by atoms with Crippen LogP contribution in [0.15, 0.2) is 30.3 Å². The fourth-order valence-corrected chi connectivity index (χ4v) is 2.94. The Bertz CT molecular complexity index is 869. The third kappa shape index (κ3) is 3.43. The van der Waals surface area contributed by atoms with Crippen LogP contribution >= 0.6 is 0 Å². The zero-order valence-corrected chi connectivity index (χ0v) is 15.4. The average Bonchev–Trinajstić information content (AvgIpc) is 2.66. The topological polar surface area (TPSA) is 61.8 Å². The van der Waals surface area contributed by atoms with Crippen molar-refractivity contribution in [1.29, 1.82) is 0 Å². The zero-order valence-electron chi connectivity index (χ0n) is 15.4. The van der Waals surface area contributed by atoms with Crippen molar-refractivity contribution >= 4 is 11.8 Å². The first kappa shape index (κ1) is 18.0. The Hall–Kier alpha value is -2.82. The molecular formula is C21H22O5. The summed E-state index contributed by atoms with van der Waals surface area (Å²) in [5, 5.41) is 0. The van der Waals surface area contributed by atoms with Gasteiger partial charge < -0.3 is 14.2 Å². The molecule has 0 saturated heterocycles. The molecule has 0 fully saturated rings. The number of carbonyl (C=O) groups is 2. The van der Waals surface area contributed by atoms with E-state index in [9.17, 15) is 9.59 Å². The molecule has 1 aliphatic heterocycles. The zero-order chi connectivity index (χ0) is 18.8. The number of ether oxygens (including phenoxy) is 3. The van der Waals surface area contributed by atoms with Gasteiger partial charge >= 0.3 is 5.97 Å². The van der Waals surface area contributed by atoms with E-state index in [1.807, 2.05) is 39.8 Å². The molecule has 26 heavy (non-hydrogen) atoms. The summed E-state index contributed by atoms with van der Waals surface area (Å²) >= 11 is 0. The van der Waals surface area contributed by atoms with Gasteiger partial charge in [0.25, 0.3) is 0 Å². The number of hydrogen-bond acceptors (Lipinski definition) is 5. The largest absolute Gasteiger partial charge is 0.485 e. The lowest BCUT2D eigenvalue weighted by Gasteiger charge is -2.24. The number of rotatable bonds is 4. The first-order valence-corrected chi connectivity index (χ1v) is 8.54. The predicted octanol–water partition coefficient (Wildman–Crippen LogP) is 3.49. The van der Waals surface area contributed by atoms with Gasteiger partial charge in [-0.15, -0.1) is 0 Å². The van der Waals surface area contributed by atoms with Crippen LogP contribution in [0.3, 0.4) is 0 Å². The second kappa shape index (κ2) is 7.20. The summed E-state index contributed by atoms with van der Waals surface area (Å²) in [7, 11) is 0. The molecule has 2 aromatic rings. The minimum atomic E-state index is -0.875. The average molecular weight is 354 g/mol. The molecule has 136 valence electrons. The Labute approximate surface area is 152 Å². The molecule has 3 rings (SSSR count). The van der Waals surface area contributed by atoms with Crippen molar-refractivity contribution in [2.45, 2.75) is 33.8 Å². The predicted molar refractivity (Wildman–Crippen MR) is 97.0 cm³/mol. The van der Waals surface area contributed by atoms with Gasteiger partial charge in [0.05, 0.1) is 0 Å². The van der Waals surface area contributed by atoms with E-state index in [2.05, 4.69) is 0 Å². The lowest BCUT2D eigenvalue weighted by atomic mass is 9.93. The van der Waals surface area contributed by atoms with E-state index < -0.39 is 12.1 Å². The van der Waals surface area contributed by atoms with E-state index in [1.54, 1.807) is 18.2 Å². The van der Waals surface area contributed by atoms with Gasteiger partial charge in [-0.3, -0.25) is 4.79 Å². The van der Waals surface area contributed by atoms with Crippen molar-refractivity contribution in [2.24, 2.45) is 0 Å². The highest BCUT2D eigenvalue weighted by molar-refractivity contribution is 6.00. The van der Waals surface area contributed by atoms with Crippen LogP contribution < -0.4 is 9.47 Å². The number of carbonyl (C=O) groups excluding carboxylic acids is 2. The summed E-state index contributed by atoms with van der Waals surface area (Å²) < 4.78 is 16.3. The van der Waals surface area contributed by atoms with Gasteiger partial charge in [0.2, 0.25) is 11.9 Å². The van der Waals surface area contributed by atoms with E-state index in [0.717, 1.165) is 16.7 Å². The van der Waals surface area contributed by atoms with Gasteiger partial charge in [-0.05, 0) is 68.1 Å². The Balaban J connectivity index is 1.65. The molecule has 0 spiro atoms. The quantitative estimate of drug-likeness (QED) is 0.621. The van der Waals surface area contributed by atoms with E-state index in [1.165, 1.54) is 5.56 Å². The number of hydrogen-bond donors (Lipinski definition) is 0. The van der Waals surface area contributed by atoms with Gasteiger partial charge in [0, 0.05) is 5.56 Å². The molecule has 0 unspecified atom stereocenters. The van der Waals surface area contributed by atoms with Gasteiger partial charge in [-0.2, -0.15) is 0 Å². The van der Waals surface area contributed by atoms with E-state index in [4.69, 9.17) is 14.2 Å². The molecule has 0 saturated carbocycles. The molecular weight excluding hydrogens is 332 g/mol. The second-order valence-electron chi connectivity index (χ2n) is 6.51. The van der Waals surface area contributed by atoms with Crippen LogP contribution in [-0.4, -0.2) is 31.1 Å². The van der Waals surface area contributed by atoms with Crippen molar-refractivity contribution in [1.82, 2.24) is 0 Å². The number of Topliss-reactive ketones (excluding diaryl/α,β-unsaturated/α-hetero) is 1. The van der Waals surface area contributed by atoms with Crippen LogP contribution in [-0.2, 0) is 9.53 Å². The van der Waals surface area contributed by atoms with Crippen LogP contribution in [0.5, 0.6) is 11.5 Å². The molecule has 5 nitrogen and oxygen atoms in total. The molecule has 1 heterocycles. The summed E-state index contributed by atoms with van der Waals surface area (Å²) in [4.78, 5) is 24.8. The molecule has 0 aliphatic carbocycles. The highest BCUT2D eigenvalue weighted by Crippen LogP contribution is 2.31. The first-order chi connectivity index (χ1) is 12.4. The SMILES string of the molecule is Cc1cc(C(=O)COC(=O)[C@H]2COc3ccccc3O2)c(C)c(C)c1C. The van der Waals surface area contributed by atoms with Crippen LogP contribution in [0, 0.1) is 27.7 Å². The normalized spacial score (nSPS) is 15.5. The summed E-state index contributed by atoms with van der Waals surface area (Å²) in [6.45, 7) is 7.64. The maximum absolute atomic E-state index is 12.5. The molecule has 2 aromatic carbocycles. The number of ketones is 1. The van der Waals surface area contributed by atoms with E-state index in [0.29, 0.717) is 17.1 Å². The van der Waals surface area contributed by atoms with Crippen LogP contribution in [0.4, 0.5) is 0 Å². The summed E-state index contributed by atoms with van der Waals surface area (Å²) in [6.07, 6.45) is -0.875. The lowest BCUT2D eigenvalue weighted by molar-refractivity contribution is -0.153. The minimum absolute atomic E-state index is 0.0613. The van der Waals surface area contributed by atoms with E-state index in [-0.39, 0.29) is 19.0 Å². The standard InChI is InChI=1S/C21H22O5/c1-12-9-16(15(4)14(3)13(12)2)17(22)10-25-21(23)20-11-24-18-7-5-6-8-19(18)26-20/h5-9,20H,10-11H2,1-4H3/t20-/m1/s1. The number of benzene rings is 2. The molecule has 0 bridgehead atoms. The van der Waals surface area contributed by atoms with Crippen LogP contribution in [0.25, 0.3) is 0 Å². The highest BCUT2D eigenvalue weighted by Gasteiger charge is 2.29. The first-order valence-electron chi connectivity index (χ1n) is 8.54. The van der Waals surface area contributed by atoms with Crippen molar-refractivity contribution in [3.8, 4) is 11.5 Å². The monoisotopic (exact) mass is 354 g/mol. The number of para-hydroxylation sites is 2. The van der Waals surface area contributed by atoms with E-state index >= 15 is 0 Å². The Morgan fingerprint density at radius 3 is 2.46 bits per heavy atom. The summed E-state index contributed by atoms with van der Waals surface area (Å²) in [5.41, 5.74) is 4.80. The number of esters is 1. The van der Waals surface area contributed by atoms with Crippen molar-refractivity contribution < 1.29 is 23.8 Å². The number of fused-ring (bicyclic) bond motifs is 1. The smallest absolute Gasteiger partial charge is 0.351 e. The van der Waals surface area contributed by atoms with Gasteiger partial charge in [-0.25, -0.2) is 4.79 Å².